The summed E-state index contributed by atoms with van der Waals surface area (Å²) < 4.78 is -0.137. The first-order valence-electron chi connectivity index (χ1n) is 5.15. The van der Waals surface area contributed by atoms with Gasteiger partial charge in [0.2, 0.25) is 5.91 Å². The number of piperidine rings is 1. The maximum atomic E-state index is 12.2. The highest BCUT2D eigenvalue weighted by Crippen LogP contribution is 2.67. The average molecular weight is 325 g/mol. The summed E-state index contributed by atoms with van der Waals surface area (Å²) in [6, 6.07) is 0. The number of nitrogens with zero attached hydrogens (tertiary/aromatic N) is 1. The normalized spacial score (nSPS) is 35.5. The molecule has 0 radical (unpaired) electrons. The molecule has 2 aliphatic rings. The molecular weight excluding hydrogens is 310 g/mol. The number of hydrogen-bond donors (Lipinski definition) is 0. The standard InChI is InChI=1S/C10H15Br2NO/c1-9(7-10(9,11)12)8(14)13-5-3-2-4-6-13/h2-7H2,1H3/t9-/m1/s1. The van der Waals surface area contributed by atoms with Gasteiger partial charge < -0.3 is 4.90 Å². The molecule has 1 atom stereocenters. The van der Waals surface area contributed by atoms with E-state index >= 15 is 0 Å². The lowest BCUT2D eigenvalue weighted by molar-refractivity contribution is -0.137. The molecule has 2 rings (SSSR count). The first-order chi connectivity index (χ1) is 6.47. The minimum Gasteiger partial charge on any atom is -0.342 e. The molecule has 0 aromatic carbocycles. The Balaban J connectivity index is 2.02. The molecule has 0 bridgehead atoms. The smallest absolute Gasteiger partial charge is 0.230 e. The third kappa shape index (κ3) is 1.64. The van der Waals surface area contributed by atoms with E-state index in [1.807, 2.05) is 11.8 Å². The van der Waals surface area contributed by atoms with Crippen LogP contribution in [0.5, 0.6) is 0 Å². The fourth-order valence-electron chi connectivity index (χ4n) is 2.08. The van der Waals surface area contributed by atoms with Crippen molar-refractivity contribution in [2.75, 3.05) is 13.1 Å². The molecule has 4 heteroatoms. The Bertz CT molecular complexity index is 261. The number of hydrogen-bond acceptors (Lipinski definition) is 1. The van der Waals surface area contributed by atoms with E-state index in [9.17, 15) is 4.79 Å². The Morgan fingerprint density at radius 2 is 1.71 bits per heavy atom. The molecule has 1 amide bonds. The molecule has 0 N–H and O–H groups in total. The zero-order chi connectivity index (χ0) is 10.4. The van der Waals surface area contributed by atoms with Gasteiger partial charge in [-0.1, -0.05) is 31.9 Å². The molecule has 1 aliphatic heterocycles. The lowest BCUT2D eigenvalue weighted by Crippen LogP contribution is -2.41. The molecule has 0 spiro atoms. The number of rotatable bonds is 1. The molecule has 0 unspecified atom stereocenters. The van der Waals surface area contributed by atoms with Crippen LogP contribution >= 0.6 is 31.9 Å². The molecule has 1 saturated carbocycles. The minimum atomic E-state index is -0.218. The summed E-state index contributed by atoms with van der Waals surface area (Å²) in [4.78, 5) is 14.2. The molecule has 14 heavy (non-hydrogen) atoms. The van der Waals surface area contributed by atoms with Gasteiger partial charge in [-0.05, 0) is 32.6 Å². The van der Waals surface area contributed by atoms with Crippen LogP contribution in [-0.2, 0) is 4.79 Å². The van der Waals surface area contributed by atoms with Gasteiger partial charge in [-0.2, -0.15) is 0 Å². The fourth-order valence-corrected chi connectivity index (χ4v) is 3.54. The number of carbonyl (C=O) groups excluding carboxylic acids is 1. The van der Waals surface area contributed by atoms with Gasteiger partial charge in [0.15, 0.2) is 0 Å². The Hall–Kier alpha value is 0.430. The van der Waals surface area contributed by atoms with Gasteiger partial charge in [-0.15, -0.1) is 0 Å². The van der Waals surface area contributed by atoms with Crippen molar-refractivity contribution in [1.29, 1.82) is 0 Å². The predicted octanol–water partition coefficient (Wildman–Crippen LogP) is 2.90. The van der Waals surface area contributed by atoms with Gasteiger partial charge in [0.1, 0.15) is 0 Å². The molecule has 80 valence electrons. The molecule has 1 saturated heterocycles. The minimum absolute atomic E-state index is 0.137. The summed E-state index contributed by atoms with van der Waals surface area (Å²) in [7, 11) is 0. The number of halogens is 2. The number of alkyl halides is 2. The van der Waals surface area contributed by atoms with Gasteiger partial charge >= 0.3 is 0 Å². The van der Waals surface area contributed by atoms with Crippen molar-refractivity contribution in [1.82, 2.24) is 4.90 Å². The Morgan fingerprint density at radius 3 is 2.14 bits per heavy atom. The average Bonchev–Trinajstić information content (AvgIpc) is 2.68. The molecule has 1 heterocycles. The summed E-state index contributed by atoms with van der Waals surface area (Å²) in [5, 5.41) is 0. The monoisotopic (exact) mass is 323 g/mol. The van der Waals surface area contributed by atoms with E-state index in [1.54, 1.807) is 0 Å². The Kier molecular flexibility index (Phi) is 2.71. The first-order valence-corrected chi connectivity index (χ1v) is 6.73. The molecular formula is C10H15Br2NO. The molecule has 0 aromatic rings. The van der Waals surface area contributed by atoms with Crippen molar-refractivity contribution in [3.8, 4) is 0 Å². The van der Waals surface area contributed by atoms with Crippen molar-refractivity contribution in [3.63, 3.8) is 0 Å². The van der Waals surface area contributed by atoms with Crippen LogP contribution in [0, 0.1) is 5.41 Å². The Labute approximate surface area is 102 Å². The summed E-state index contributed by atoms with van der Waals surface area (Å²) in [6.07, 6.45) is 4.50. The summed E-state index contributed by atoms with van der Waals surface area (Å²) >= 11 is 7.09. The van der Waals surface area contributed by atoms with Crippen molar-refractivity contribution < 1.29 is 4.79 Å². The van der Waals surface area contributed by atoms with Crippen molar-refractivity contribution in [2.45, 2.75) is 35.8 Å². The molecule has 1 aliphatic carbocycles. The maximum Gasteiger partial charge on any atom is 0.230 e. The van der Waals surface area contributed by atoms with E-state index in [-0.39, 0.29) is 8.65 Å². The van der Waals surface area contributed by atoms with Gasteiger partial charge in [-0.25, -0.2) is 0 Å². The highest BCUT2D eigenvalue weighted by molar-refractivity contribution is 9.25. The maximum absolute atomic E-state index is 12.2. The van der Waals surface area contributed by atoms with E-state index in [4.69, 9.17) is 0 Å². The number of carbonyl (C=O) groups is 1. The van der Waals surface area contributed by atoms with Crippen LogP contribution in [0.3, 0.4) is 0 Å². The third-order valence-electron chi connectivity index (χ3n) is 3.37. The van der Waals surface area contributed by atoms with Crippen LogP contribution in [0.2, 0.25) is 0 Å². The zero-order valence-corrected chi connectivity index (χ0v) is 11.5. The van der Waals surface area contributed by atoms with Crippen molar-refractivity contribution >= 4 is 37.8 Å². The Morgan fingerprint density at radius 1 is 1.21 bits per heavy atom. The molecule has 0 aromatic heterocycles. The van der Waals surface area contributed by atoms with Crippen LogP contribution in [-0.4, -0.2) is 27.1 Å². The largest absolute Gasteiger partial charge is 0.342 e. The second-order valence-corrected chi connectivity index (χ2v) is 8.34. The highest BCUT2D eigenvalue weighted by Gasteiger charge is 2.67. The second kappa shape index (κ2) is 3.48. The summed E-state index contributed by atoms with van der Waals surface area (Å²) in [5.41, 5.74) is -0.218. The van der Waals surface area contributed by atoms with E-state index in [0.717, 1.165) is 19.5 Å². The fraction of sp³-hybridized carbons (Fsp3) is 0.900. The first kappa shape index (κ1) is 10.9. The van der Waals surface area contributed by atoms with Crippen LogP contribution < -0.4 is 0 Å². The van der Waals surface area contributed by atoms with Gasteiger partial charge in [0.25, 0.3) is 0 Å². The third-order valence-corrected chi connectivity index (χ3v) is 5.68. The van der Waals surface area contributed by atoms with Crippen LogP contribution in [0.1, 0.15) is 32.6 Å². The SMILES string of the molecule is C[C@]1(C(=O)N2CCCCC2)CC1(Br)Br. The van der Waals surface area contributed by atoms with E-state index in [0.29, 0.717) is 5.91 Å². The zero-order valence-electron chi connectivity index (χ0n) is 8.35. The molecule has 2 fully saturated rings. The van der Waals surface area contributed by atoms with Gasteiger partial charge in [-0.3, -0.25) is 4.79 Å². The van der Waals surface area contributed by atoms with E-state index in [2.05, 4.69) is 31.9 Å². The lowest BCUT2D eigenvalue weighted by atomic mass is 10.1. The van der Waals surface area contributed by atoms with Crippen LogP contribution in [0.25, 0.3) is 0 Å². The van der Waals surface area contributed by atoms with Crippen LogP contribution in [0.4, 0.5) is 0 Å². The van der Waals surface area contributed by atoms with Gasteiger partial charge in [0, 0.05) is 13.1 Å². The van der Waals surface area contributed by atoms with Crippen molar-refractivity contribution in [3.05, 3.63) is 0 Å². The topological polar surface area (TPSA) is 20.3 Å². The predicted molar refractivity (Wildman–Crippen MR) is 63.7 cm³/mol. The van der Waals surface area contributed by atoms with Crippen molar-refractivity contribution in [2.24, 2.45) is 5.41 Å². The summed E-state index contributed by atoms with van der Waals surface area (Å²) in [5.74, 6) is 0.311. The summed E-state index contributed by atoms with van der Waals surface area (Å²) in [6.45, 7) is 3.93. The highest BCUT2D eigenvalue weighted by atomic mass is 79.9. The number of amides is 1. The van der Waals surface area contributed by atoms with E-state index in [1.165, 1.54) is 19.3 Å². The number of likely N-dealkylation sites (tertiary alicyclic amines) is 1. The van der Waals surface area contributed by atoms with E-state index < -0.39 is 0 Å². The van der Waals surface area contributed by atoms with Gasteiger partial charge in [0.05, 0.1) is 8.65 Å². The second-order valence-electron chi connectivity index (χ2n) is 4.57. The molecule has 2 nitrogen and oxygen atoms in total. The lowest BCUT2D eigenvalue weighted by Gasteiger charge is -2.30. The van der Waals surface area contributed by atoms with Crippen LogP contribution in [0.15, 0.2) is 0 Å². The quantitative estimate of drug-likeness (QED) is 0.679.